The van der Waals surface area contributed by atoms with Gasteiger partial charge in [0.2, 0.25) is 0 Å². The minimum Gasteiger partial charge on any atom is -0.378 e. The first kappa shape index (κ1) is 14.3. The molecule has 19 heavy (non-hydrogen) atoms. The van der Waals surface area contributed by atoms with E-state index in [9.17, 15) is 9.59 Å². The van der Waals surface area contributed by atoms with Gasteiger partial charge in [0.05, 0.1) is 6.10 Å². The monoisotopic (exact) mass is 269 g/mol. The van der Waals surface area contributed by atoms with Gasteiger partial charge in [0.1, 0.15) is 0 Å². The van der Waals surface area contributed by atoms with Gasteiger partial charge in [-0.1, -0.05) is 0 Å². The van der Waals surface area contributed by atoms with Crippen LogP contribution in [0.5, 0.6) is 0 Å². The Kier molecular flexibility index (Phi) is 5.15. The molecule has 0 radical (unpaired) electrons. The van der Waals surface area contributed by atoms with Crippen LogP contribution >= 0.6 is 0 Å². The summed E-state index contributed by atoms with van der Waals surface area (Å²) >= 11 is 0. The molecule has 6 nitrogen and oxygen atoms in total. The highest BCUT2D eigenvalue weighted by Gasteiger charge is 2.30. The zero-order chi connectivity index (χ0) is 13.7. The summed E-state index contributed by atoms with van der Waals surface area (Å²) in [5.74, 6) is -0.701. The Morgan fingerprint density at radius 2 is 1.58 bits per heavy atom. The van der Waals surface area contributed by atoms with Gasteiger partial charge in [-0.2, -0.15) is 0 Å². The maximum Gasteiger partial charge on any atom is 0.312 e. The Bertz CT molecular complexity index is 321. The van der Waals surface area contributed by atoms with Crippen LogP contribution in [0.4, 0.5) is 0 Å². The number of rotatable bonds is 2. The van der Waals surface area contributed by atoms with Crippen LogP contribution < -0.4 is 5.32 Å². The van der Waals surface area contributed by atoms with Gasteiger partial charge in [0, 0.05) is 45.9 Å². The van der Waals surface area contributed by atoms with Crippen molar-refractivity contribution in [2.45, 2.75) is 25.9 Å². The third kappa shape index (κ3) is 3.67. The molecular weight excluding hydrogens is 246 g/mol. The van der Waals surface area contributed by atoms with Crippen LogP contribution in [-0.2, 0) is 14.3 Å². The molecule has 2 heterocycles. The van der Waals surface area contributed by atoms with E-state index in [2.05, 4.69) is 5.32 Å². The molecular formula is C13H23N3O3. The SMILES string of the molecule is CCOC1CCN(C(=O)C(=O)N2CCNCC2)CC1. The number of carbonyl (C=O) groups is 2. The highest BCUT2D eigenvalue weighted by atomic mass is 16.5. The van der Waals surface area contributed by atoms with E-state index >= 15 is 0 Å². The lowest BCUT2D eigenvalue weighted by molar-refractivity contribution is -0.153. The Hall–Kier alpha value is -1.14. The summed E-state index contributed by atoms with van der Waals surface area (Å²) in [5.41, 5.74) is 0. The molecule has 2 fully saturated rings. The number of nitrogens with zero attached hydrogens (tertiary/aromatic N) is 2. The molecule has 1 N–H and O–H groups in total. The molecule has 0 spiro atoms. The van der Waals surface area contributed by atoms with Crippen molar-refractivity contribution < 1.29 is 14.3 Å². The minimum absolute atomic E-state index is 0.239. The number of piperidine rings is 1. The Morgan fingerprint density at radius 3 is 2.11 bits per heavy atom. The third-order valence-corrected chi connectivity index (χ3v) is 3.72. The van der Waals surface area contributed by atoms with Crippen LogP contribution in [0, 0.1) is 0 Å². The number of hydrogen-bond acceptors (Lipinski definition) is 4. The van der Waals surface area contributed by atoms with Gasteiger partial charge >= 0.3 is 11.8 Å². The van der Waals surface area contributed by atoms with E-state index in [-0.39, 0.29) is 17.9 Å². The van der Waals surface area contributed by atoms with Crippen LogP contribution in [0.1, 0.15) is 19.8 Å². The number of hydrogen-bond donors (Lipinski definition) is 1. The largest absolute Gasteiger partial charge is 0.378 e. The van der Waals surface area contributed by atoms with Crippen LogP contribution in [0.2, 0.25) is 0 Å². The first-order valence-corrected chi connectivity index (χ1v) is 7.13. The molecule has 108 valence electrons. The quantitative estimate of drug-likeness (QED) is 0.683. The molecule has 0 aliphatic carbocycles. The molecule has 0 bridgehead atoms. The van der Waals surface area contributed by atoms with Crippen LogP contribution in [-0.4, -0.2) is 73.6 Å². The lowest BCUT2D eigenvalue weighted by Crippen LogP contribution is -2.53. The summed E-state index contributed by atoms with van der Waals surface area (Å²) in [6.07, 6.45) is 1.89. The molecule has 2 aliphatic rings. The molecule has 2 amide bonds. The Balaban J connectivity index is 1.81. The van der Waals surface area contributed by atoms with Crippen LogP contribution in [0.25, 0.3) is 0 Å². The van der Waals surface area contributed by atoms with E-state index in [4.69, 9.17) is 4.74 Å². The summed E-state index contributed by atoms with van der Waals surface area (Å²) in [5, 5.41) is 3.17. The van der Waals surface area contributed by atoms with Crippen molar-refractivity contribution in [2.75, 3.05) is 45.9 Å². The number of nitrogens with one attached hydrogen (secondary N) is 1. The van der Waals surface area contributed by atoms with Gasteiger partial charge in [0.25, 0.3) is 0 Å². The van der Waals surface area contributed by atoms with E-state index in [0.717, 1.165) is 25.9 Å². The van der Waals surface area contributed by atoms with Crippen molar-refractivity contribution in [3.8, 4) is 0 Å². The van der Waals surface area contributed by atoms with Crippen LogP contribution in [0.15, 0.2) is 0 Å². The molecule has 6 heteroatoms. The predicted molar refractivity (Wildman–Crippen MR) is 70.7 cm³/mol. The third-order valence-electron chi connectivity index (χ3n) is 3.72. The summed E-state index contributed by atoms with van der Waals surface area (Å²) in [7, 11) is 0. The molecule has 0 unspecified atom stereocenters. The maximum atomic E-state index is 12.1. The molecule has 2 aliphatic heterocycles. The second-order valence-electron chi connectivity index (χ2n) is 4.99. The van der Waals surface area contributed by atoms with E-state index in [1.165, 1.54) is 0 Å². The van der Waals surface area contributed by atoms with E-state index < -0.39 is 0 Å². The summed E-state index contributed by atoms with van der Waals surface area (Å²) < 4.78 is 5.55. The number of piperazine rings is 1. The van der Waals surface area contributed by atoms with E-state index in [1.807, 2.05) is 6.92 Å². The number of amides is 2. The fourth-order valence-corrected chi connectivity index (χ4v) is 2.60. The molecule has 0 atom stereocenters. The van der Waals surface area contributed by atoms with Gasteiger partial charge in [-0.3, -0.25) is 9.59 Å². The normalized spacial score (nSPS) is 21.5. The molecule has 0 aromatic carbocycles. The van der Waals surface area contributed by atoms with E-state index in [1.54, 1.807) is 9.80 Å². The lowest BCUT2D eigenvalue weighted by Gasteiger charge is -2.33. The summed E-state index contributed by atoms with van der Waals surface area (Å²) in [6, 6.07) is 0. The number of likely N-dealkylation sites (tertiary alicyclic amines) is 1. The zero-order valence-electron chi connectivity index (χ0n) is 11.6. The van der Waals surface area contributed by atoms with Gasteiger partial charge in [-0.25, -0.2) is 0 Å². The first-order chi connectivity index (χ1) is 9.22. The van der Waals surface area contributed by atoms with Gasteiger partial charge in [0.15, 0.2) is 0 Å². The molecule has 0 aromatic rings. The standard InChI is InChI=1S/C13H23N3O3/c1-2-19-11-3-7-15(8-4-11)12(17)13(18)16-9-5-14-6-10-16/h11,14H,2-10H2,1H3. The molecule has 0 saturated carbocycles. The number of ether oxygens (including phenoxy) is 1. The Labute approximate surface area is 114 Å². The van der Waals surface area contributed by atoms with E-state index in [0.29, 0.717) is 32.8 Å². The smallest absolute Gasteiger partial charge is 0.312 e. The fourth-order valence-electron chi connectivity index (χ4n) is 2.60. The average molecular weight is 269 g/mol. The molecule has 2 saturated heterocycles. The highest BCUT2D eigenvalue weighted by molar-refractivity contribution is 6.34. The second-order valence-corrected chi connectivity index (χ2v) is 4.99. The Morgan fingerprint density at radius 1 is 1.05 bits per heavy atom. The average Bonchev–Trinajstić information content (AvgIpc) is 2.48. The summed E-state index contributed by atoms with van der Waals surface area (Å²) in [6.45, 7) is 6.73. The first-order valence-electron chi connectivity index (χ1n) is 7.13. The van der Waals surface area contributed by atoms with Crippen molar-refractivity contribution in [1.82, 2.24) is 15.1 Å². The molecule has 0 aromatic heterocycles. The minimum atomic E-state index is -0.351. The predicted octanol–water partition coefficient (Wildman–Crippen LogP) is -0.554. The van der Waals surface area contributed by atoms with Gasteiger partial charge in [-0.15, -0.1) is 0 Å². The molecule has 2 rings (SSSR count). The maximum absolute atomic E-state index is 12.1. The highest BCUT2D eigenvalue weighted by Crippen LogP contribution is 2.14. The van der Waals surface area contributed by atoms with Crippen molar-refractivity contribution in [3.05, 3.63) is 0 Å². The second kappa shape index (κ2) is 6.86. The van der Waals surface area contributed by atoms with Crippen molar-refractivity contribution in [3.63, 3.8) is 0 Å². The lowest BCUT2D eigenvalue weighted by atomic mass is 10.1. The van der Waals surface area contributed by atoms with Crippen molar-refractivity contribution >= 4 is 11.8 Å². The number of carbonyl (C=O) groups excluding carboxylic acids is 2. The van der Waals surface area contributed by atoms with Crippen molar-refractivity contribution in [1.29, 1.82) is 0 Å². The zero-order valence-corrected chi connectivity index (χ0v) is 11.6. The van der Waals surface area contributed by atoms with Crippen LogP contribution in [0.3, 0.4) is 0 Å². The van der Waals surface area contributed by atoms with Crippen molar-refractivity contribution in [2.24, 2.45) is 0 Å². The van der Waals surface area contributed by atoms with Gasteiger partial charge in [-0.05, 0) is 19.8 Å². The van der Waals surface area contributed by atoms with Gasteiger partial charge < -0.3 is 19.9 Å². The fraction of sp³-hybridized carbons (Fsp3) is 0.846. The topological polar surface area (TPSA) is 61.9 Å². The summed E-state index contributed by atoms with van der Waals surface area (Å²) in [4.78, 5) is 27.5.